The molecule has 0 spiro atoms. The quantitative estimate of drug-likeness (QED) is 0.137. The molecular formula is C35H21Cl2F6N3O. The molecule has 0 unspecified atom stereocenters. The maximum atomic E-state index is 13.6. The Morgan fingerprint density at radius 2 is 1.11 bits per heavy atom. The lowest BCUT2D eigenvalue weighted by atomic mass is 10.0. The van der Waals surface area contributed by atoms with Crippen molar-refractivity contribution in [3.8, 4) is 34.1 Å². The number of anilines is 3. The Bertz CT molecular complexity index is 1990. The highest BCUT2D eigenvalue weighted by Crippen LogP contribution is 2.50. The third kappa shape index (κ3) is 6.57. The van der Waals surface area contributed by atoms with Gasteiger partial charge in [0.15, 0.2) is 17.3 Å². The first-order valence-electron chi connectivity index (χ1n) is 13.9. The van der Waals surface area contributed by atoms with Crippen LogP contribution in [-0.4, -0.2) is 15.3 Å². The monoisotopic (exact) mass is 683 g/mol. The van der Waals surface area contributed by atoms with Crippen molar-refractivity contribution in [3.63, 3.8) is 0 Å². The van der Waals surface area contributed by atoms with Gasteiger partial charge < -0.3 is 9.64 Å². The second-order valence-corrected chi connectivity index (χ2v) is 11.0. The summed E-state index contributed by atoms with van der Waals surface area (Å²) >= 11 is 9.53. The molecule has 47 heavy (non-hydrogen) atoms. The summed E-state index contributed by atoms with van der Waals surface area (Å²) in [6.07, 6.45) is -10.00. The van der Waals surface area contributed by atoms with Crippen LogP contribution in [0, 0.1) is 0 Å². The molecule has 0 amide bonds. The van der Waals surface area contributed by atoms with Gasteiger partial charge in [-0.25, -0.2) is 9.97 Å². The fraction of sp³-hybridized carbons (Fsp3) is 0.0857. The van der Waals surface area contributed by atoms with Gasteiger partial charge in [-0.3, -0.25) is 0 Å². The summed E-state index contributed by atoms with van der Waals surface area (Å²) in [5.74, 6) is 1.11. The maximum absolute atomic E-state index is 13.6. The Morgan fingerprint density at radius 1 is 0.596 bits per heavy atom. The van der Waals surface area contributed by atoms with Crippen LogP contribution in [0.25, 0.3) is 33.5 Å². The first-order chi connectivity index (χ1) is 22.5. The molecule has 0 saturated heterocycles. The van der Waals surface area contributed by atoms with Crippen molar-refractivity contribution in [3.05, 3.63) is 126 Å². The van der Waals surface area contributed by atoms with Gasteiger partial charge in [-0.15, -0.1) is 23.2 Å². The third-order valence-electron chi connectivity index (χ3n) is 7.28. The van der Waals surface area contributed by atoms with Gasteiger partial charge in [0.1, 0.15) is 0 Å². The summed E-state index contributed by atoms with van der Waals surface area (Å²) < 4.78 is 87.7. The molecule has 7 rings (SSSR count). The van der Waals surface area contributed by atoms with Gasteiger partial charge in [0, 0.05) is 22.2 Å². The van der Waals surface area contributed by atoms with Crippen LogP contribution in [-0.2, 0) is 12.4 Å². The van der Waals surface area contributed by atoms with Gasteiger partial charge in [-0.2, -0.15) is 26.3 Å². The van der Waals surface area contributed by atoms with Crippen molar-refractivity contribution in [2.24, 2.45) is 0 Å². The van der Waals surface area contributed by atoms with E-state index in [9.17, 15) is 26.3 Å². The van der Waals surface area contributed by atoms with Gasteiger partial charge in [-0.05, 0) is 60.7 Å². The fourth-order valence-electron chi connectivity index (χ4n) is 5.26. The number of para-hydroxylation sites is 5. The Hall–Kier alpha value is -4.80. The van der Waals surface area contributed by atoms with Gasteiger partial charge in [-0.1, -0.05) is 54.6 Å². The predicted octanol–water partition coefficient (Wildman–Crippen LogP) is 12.0. The minimum Gasteiger partial charge on any atom is -0.453 e. The van der Waals surface area contributed by atoms with Crippen LogP contribution in [0.15, 0.2) is 115 Å². The summed E-state index contributed by atoms with van der Waals surface area (Å²) in [5.41, 5.74) is 0.557. The highest BCUT2D eigenvalue weighted by molar-refractivity contribution is 6.40. The number of fused-ring (bicyclic) bond motifs is 3. The number of nitrogens with zero attached hydrogens (tertiary/aromatic N) is 3. The number of alkyl halides is 8. The zero-order valence-electron chi connectivity index (χ0n) is 24.0. The van der Waals surface area contributed by atoms with Crippen LogP contribution in [0.1, 0.15) is 11.1 Å². The molecule has 0 saturated carbocycles. The van der Waals surface area contributed by atoms with Crippen molar-refractivity contribution in [2.45, 2.75) is 12.4 Å². The van der Waals surface area contributed by atoms with Gasteiger partial charge in [0.05, 0.1) is 39.1 Å². The number of aromatic nitrogens is 2. The van der Waals surface area contributed by atoms with Crippen LogP contribution in [0.2, 0.25) is 0 Å². The summed E-state index contributed by atoms with van der Waals surface area (Å²) in [5, 5.41) is 0.786. The number of halogens is 8. The molecule has 5 aromatic carbocycles. The minimum absolute atomic E-state index is 0.0894. The fourth-order valence-corrected chi connectivity index (χ4v) is 5.26. The van der Waals surface area contributed by atoms with E-state index in [0.29, 0.717) is 45.8 Å². The second-order valence-electron chi connectivity index (χ2n) is 10.2. The van der Waals surface area contributed by atoms with Gasteiger partial charge in [0.2, 0.25) is 0 Å². The first kappa shape index (κ1) is 32.2. The van der Waals surface area contributed by atoms with E-state index in [1.165, 1.54) is 0 Å². The lowest BCUT2D eigenvalue weighted by Crippen LogP contribution is -2.15. The number of benzene rings is 5. The molecule has 0 bridgehead atoms. The van der Waals surface area contributed by atoms with Crippen LogP contribution >= 0.6 is 23.2 Å². The van der Waals surface area contributed by atoms with E-state index in [2.05, 4.69) is 9.97 Å². The molecule has 0 atom stereocenters. The zero-order chi connectivity index (χ0) is 33.3. The SMILES string of the molecule is ClCCl.FC(F)(F)c1cc(-c2nc(-c3ccc(N4c5ccccc5Oc5ccccc54)cc3)c3ccccc3n2)cc(C(F)(F)F)c1. The lowest BCUT2D eigenvalue weighted by molar-refractivity contribution is -0.143. The maximum Gasteiger partial charge on any atom is 0.416 e. The molecule has 1 aliphatic rings. The molecule has 1 aromatic heterocycles. The Labute approximate surface area is 274 Å². The number of ether oxygens (including phenoxy) is 1. The van der Waals surface area contributed by atoms with E-state index in [0.717, 1.165) is 17.1 Å². The number of hydrogen-bond acceptors (Lipinski definition) is 4. The number of rotatable bonds is 3. The molecule has 4 nitrogen and oxygen atoms in total. The van der Waals surface area contributed by atoms with E-state index in [4.69, 9.17) is 27.9 Å². The normalized spacial score (nSPS) is 12.5. The highest BCUT2D eigenvalue weighted by atomic mass is 35.5. The largest absolute Gasteiger partial charge is 0.453 e. The Balaban J connectivity index is 0.00000124. The molecule has 1 aliphatic heterocycles. The summed E-state index contributed by atoms with van der Waals surface area (Å²) in [6.45, 7) is 0. The summed E-state index contributed by atoms with van der Waals surface area (Å²) in [6, 6.07) is 30.8. The highest BCUT2D eigenvalue weighted by Gasteiger charge is 2.37. The topological polar surface area (TPSA) is 38.2 Å². The minimum atomic E-state index is -5.00. The third-order valence-corrected chi connectivity index (χ3v) is 7.28. The van der Waals surface area contributed by atoms with E-state index < -0.39 is 29.0 Å². The average molecular weight is 684 g/mol. The van der Waals surface area contributed by atoms with E-state index >= 15 is 0 Å². The molecule has 0 aliphatic carbocycles. The second kappa shape index (κ2) is 12.8. The molecular weight excluding hydrogens is 663 g/mol. The number of hydrogen-bond donors (Lipinski definition) is 0. The van der Waals surface area contributed by atoms with Crippen molar-refractivity contribution in [1.29, 1.82) is 0 Å². The molecule has 2 heterocycles. The van der Waals surface area contributed by atoms with Crippen LogP contribution in [0.5, 0.6) is 11.5 Å². The van der Waals surface area contributed by atoms with Gasteiger partial charge >= 0.3 is 12.4 Å². The van der Waals surface area contributed by atoms with Crippen molar-refractivity contribution >= 4 is 51.2 Å². The molecule has 12 heteroatoms. The molecule has 238 valence electrons. The average Bonchev–Trinajstić information content (AvgIpc) is 3.06. The Morgan fingerprint density at radius 3 is 1.66 bits per heavy atom. The van der Waals surface area contributed by atoms with Gasteiger partial charge in [0.25, 0.3) is 0 Å². The van der Waals surface area contributed by atoms with Crippen molar-refractivity contribution < 1.29 is 31.1 Å². The zero-order valence-corrected chi connectivity index (χ0v) is 25.5. The van der Waals surface area contributed by atoms with Crippen molar-refractivity contribution in [1.82, 2.24) is 9.97 Å². The lowest BCUT2D eigenvalue weighted by Gasteiger charge is -2.32. The van der Waals surface area contributed by atoms with Crippen LogP contribution in [0.4, 0.5) is 43.4 Å². The van der Waals surface area contributed by atoms with Crippen LogP contribution < -0.4 is 9.64 Å². The molecule has 0 radical (unpaired) electrons. The summed E-state index contributed by atoms with van der Waals surface area (Å²) in [4.78, 5) is 10.9. The Kier molecular flexibility index (Phi) is 8.74. The first-order valence-corrected chi connectivity index (χ1v) is 15.0. The van der Waals surface area contributed by atoms with E-state index in [-0.39, 0.29) is 17.2 Å². The summed E-state index contributed by atoms with van der Waals surface area (Å²) in [7, 11) is 0. The van der Waals surface area contributed by atoms with Crippen molar-refractivity contribution in [2.75, 3.05) is 10.2 Å². The standard InChI is InChI=1S/C34H19F6N3O.CH2Cl2/c35-33(36,37)22-17-21(18-23(19-22)34(38,39)40)32-41-26-8-2-1-7-25(26)31(42-32)20-13-15-24(16-14-20)43-27-9-3-5-11-29(27)44-30-12-6-4-10-28(30)43;2-1-3/h1-19H;1H2. The predicted molar refractivity (Wildman–Crippen MR) is 172 cm³/mol. The molecule has 0 N–H and O–H groups in total. The molecule has 6 aromatic rings. The smallest absolute Gasteiger partial charge is 0.416 e. The van der Waals surface area contributed by atoms with Crippen LogP contribution in [0.3, 0.4) is 0 Å². The van der Waals surface area contributed by atoms with E-state index in [1.54, 1.807) is 24.3 Å². The molecule has 0 fully saturated rings. The van der Waals surface area contributed by atoms with E-state index in [1.807, 2.05) is 77.7 Å².